The highest BCUT2D eigenvalue weighted by Gasteiger charge is 2.04. The van der Waals surface area contributed by atoms with E-state index in [1.54, 1.807) is 0 Å². The molecule has 1 rings (SSSR count). The van der Waals surface area contributed by atoms with Gasteiger partial charge in [-0.15, -0.1) is 0 Å². The molecule has 0 saturated heterocycles. The molecule has 0 aliphatic heterocycles. The molecule has 1 atom stereocenters. The van der Waals surface area contributed by atoms with E-state index in [4.69, 9.17) is 10.5 Å². The molecule has 0 aliphatic rings. The molecule has 1 aromatic rings. The minimum atomic E-state index is 0.530. The quantitative estimate of drug-likeness (QED) is 0.865. The second-order valence-corrected chi connectivity index (χ2v) is 5.02. The summed E-state index contributed by atoms with van der Waals surface area (Å²) in [7, 11) is 0. The molecule has 1 unspecified atom stereocenters. The number of rotatable bonds is 6. The summed E-state index contributed by atoms with van der Waals surface area (Å²) in [5, 5.41) is 0. The third-order valence-electron chi connectivity index (χ3n) is 2.55. The van der Waals surface area contributed by atoms with Crippen molar-refractivity contribution < 1.29 is 4.74 Å². The van der Waals surface area contributed by atoms with Gasteiger partial charge in [0.15, 0.2) is 0 Å². The predicted octanol–water partition coefficient (Wildman–Crippen LogP) is 3.72. The van der Waals surface area contributed by atoms with Crippen LogP contribution in [0.4, 0.5) is 0 Å². The lowest BCUT2D eigenvalue weighted by molar-refractivity contribution is 0.251. The molecule has 0 heterocycles. The number of hydrogen-bond acceptors (Lipinski definition) is 2. The molecule has 2 nitrogen and oxygen atoms in total. The molecule has 0 spiro atoms. The van der Waals surface area contributed by atoms with E-state index in [1.165, 1.54) is 12.8 Å². The lowest BCUT2D eigenvalue weighted by Crippen LogP contribution is -2.08. The molecule has 16 heavy (non-hydrogen) atoms. The molecule has 0 bridgehead atoms. The third kappa shape index (κ3) is 4.14. The zero-order chi connectivity index (χ0) is 12.0. The van der Waals surface area contributed by atoms with Gasteiger partial charge in [0, 0.05) is 11.0 Å². The van der Waals surface area contributed by atoms with Crippen LogP contribution in [0.15, 0.2) is 22.7 Å². The van der Waals surface area contributed by atoms with Gasteiger partial charge >= 0.3 is 0 Å². The van der Waals surface area contributed by atoms with Gasteiger partial charge in [-0.25, -0.2) is 0 Å². The highest BCUT2D eigenvalue weighted by Crippen LogP contribution is 2.22. The summed E-state index contributed by atoms with van der Waals surface area (Å²) in [6.07, 6.45) is 2.42. The van der Waals surface area contributed by atoms with Gasteiger partial charge in [0.25, 0.3) is 0 Å². The zero-order valence-electron chi connectivity index (χ0n) is 10.0. The van der Waals surface area contributed by atoms with Crippen molar-refractivity contribution in [2.24, 2.45) is 11.7 Å². The fourth-order valence-corrected chi connectivity index (χ4v) is 2.02. The van der Waals surface area contributed by atoms with Crippen molar-refractivity contribution in [3.05, 3.63) is 28.2 Å². The SMILES string of the molecule is CCCC(C)COc1ccc(Br)c(CN)c1. The Hall–Kier alpha value is -0.540. The molecular formula is C13H20BrNO. The van der Waals surface area contributed by atoms with Crippen LogP contribution in [0.3, 0.4) is 0 Å². The van der Waals surface area contributed by atoms with E-state index in [-0.39, 0.29) is 0 Å². The average molecular weight is 286 g/mol. The first-order valence-corrected chi connectivity index (χ1v) is 6.58. The zero-order valence-corrected chi connectivity index (χ0v) is 11.6. The number of halogens is 1. The summed E-state index contributed by atoms with van der Waals surface area (Å²) in [5.41, 5.74) is 6.72. The van der Waals surface area contributed by atoms with Gasteiger partial charge in [-0.05, 0) is 36.1 Å². The lowest BCUT2D eigenvalue weighted by Gasteiger charge is -2.13. The first kappa shape index (κ1) is 13.5. The largest absolute Gasteiger partial charge is 0.493 e. The number of ether oxygens (including phenoxy) is 1. The molecule has 0 aromatic heterocycles. The Morgan fingerprint density at radius 2 is 2.19 bits per heavy atom. The van der Waals surface area contributed by atoms with Crippen molar-refractivity contribution >= 4 is 15.9 Å². The number of hydrogen-bond donors (Lipinski definition) is 1. The standard InChI is InChI=1S/C13H20BrNO/c1-3-4-10(2)9-16-12-5-6-13(14)11(7-12)8-15/h5-7,10H,3-4,8-9,15H2,1-2H3. The van der Waals surface area contributed by atoms with Crippen LogP contribution in [0.5, 0.6) is 5.75 Å². The summed E-state index contributed by atoms with van der Waals surface area (Å²) in [5.74, 6) is 1.52. The minimum Gasteiger partial charge on any atom is -0.493 e. The Balaban J connectivity index is 2.54. The van der Waals surface area contributed by atoms with Gasteiger partial charge in [-0.2, -0.15) is 0 Å². The topological polar surface area (TPSA) is 35.2 Å². The molecule has 0 aliphatic carbocycles. The fraction of sp³-hybridized carbons (Fsp3) is 0.538. The van der Waals surface area contributed by atoms with Gasteiger partial charge in [-0.3, -0.25) is 0 Å². The fourth-order valence-electron chi connectivity index (χ4n) is 1.61. The summed E-state index contributed by atoms with van der Waals surface area (Å²) < 4.78 is 6.79. The van der Waals surface area contributed by atoms with Crippen LogP contribution in [0, 0.1) is 5.92 Å². The van der Waals surface area contributed by atoms with E-state index < -0.39 is 0 Å². The Bertz CT molecular complexity index is 328. The summed E-state index contributed by atoms with van der Waals surface area (Å²) in [6.45, 7) is 5.72. The third-order valence-corrected chi connectivity index (χ3v) is 3.33. The van der Waals surface area contributed by atoms with Crippen molar-refractivity contribution in [3.63, 3.8) is 0 Å². The van der Waals surface area contributed by atoms with E-state index in [1.807, 2.05) is 18.2 Å². The first-order valence-electron chi connectivity index (χ1n) is 5.78. The van der Waals surface area contributed by atoms with E-state index in [2.05, 4.69) is 29.8 Å². The normalized spacial score (nSPS) is 12.5. The molecule has 2 N–H and O–H groups in total. The maximum atomic E-state index is 5.74. The van der Waals surface area contributed by atoms with Gasteiger partial charge in [0.05, 0.1) is 6.61 Å². The lowest BCUT2D eigenvalue weighted by atomic mass is 10.1. The van der Waals surface area contributed by atoms with Crippen molar-refractivity contribution in [1.29, 1.82) is 0 Å². The van der Waals surface area contributed by atoms with Crippen LogP contribution < -0.4 is 10.5 Å². The summed E-state index contributed by atoms with van der Waals surface area (Å²) >= 11 is 3.46. The molecule has 0 radical (unpaired) electrons. The Morgan fingerprint density at radius 1 is 1.44 bits per heavy atom. The second kappa shape index (κ2) is 6.92. The van der Waals surface area contributed by atoms with E-state index >= 15 is 0 Å². The van der Waals surface area contributed by atoms with Crippen LogP contribution >= 0.6 is 15.9 Å². The molecule has 90 valence electrons. The van der Waals surface area contributed by atoms with Gasteiger partial charge in [-0.1, -0.05) is 36.2 Å². The molecule has 0 amide bonds. The summed E-state index contributed by atoms with van der Waals surface area (Å²) in [6, 6.07) is 5.96. The maximum Gasteiger partial charge on any atom is 0.119 e. The molecule has 1 aromatic carbocycles. The Kier molecular flexibility index (Phi) is 5.85. The van der Waals surface area contributed by atoms with Gasteiger partial charge in [0.2, 0.25) is 0 Å². The number of benzene rings is 1. The van der Waals surface area contributed by atoms with Gasteiger partial charge in [0.1, 0.15) is 5.75 Å². The van der Waals surface area contributed by atoms with Crippen LogP contribution in [0.2, 0.25) is 0 Å². The number of nitrogens with two attached hydrogens (primary N) is 1. The summed E-state index contributed by atoms with van der Waals surface area (Å²) in [4.78, 5) is 0. The van der Waals surface area contributed by atoms with Crippen molar-refractivity contribution in [1.82, 2.24) is 0 Å². The highest BCUT2D eigenvalue weighted by atomic mass is 79.9. The predicted molar refractivity (Wildman–Crippen MR) is 71.6 cm³/mol. The molecular weight excluding hydrogens is 266 g/mol. The van der Waals surface area contributed by atoms with E-state index in [0.29, 0.717) is 12.5 Å². The molecule has 0 fully saturated rings. The minimum absolute atomic E-state index is 0.530. The van der Waals surface area contributed by atoms with Crippen LogP contribution in [0.25, 0.3) is 0 Å². The Labute approximate surface area is 106 Å². The van der Waals surface area contributed by atoms with Crippen LogP contribution in [0.1, 0.15) is 32.3 Å². The van der Waals surface area contributed by atoms with E-state index in [0.717, 1.165) is 22.4 Å². The molecule has 0 saturated carbocycles. The monoisotopic (exact) mass is 285 g/mol. The van der Waals surface area contributed by atoms with Crippen LogP contribution in [-0.4, -0.2) is 6.61 Å². The smallest absolute Gasteiger partial charge is 0.119 e. The highest BCUT2D eigenvalue weighted by molar-refractivity contribution is 9.10. The van der Waals surface area contributed by atoms with Crippen LogP contribution in [-0.2, 0) is 6.54 Å². The van der Waals surface area contributed by atoms with Crippen molar-refractivity contribution in [2.75, 3.05) is 6.61 Å². The van der Waals surface area contributed by atoms with Crippen molar-refractivity contribution in [2.45, 2.75) is 33.2 Å². The second-order valence-electron chi connectivity index (χ2n) is 4.16. The Morgan fingerprint density at radius 3 is 2.81 bits per heavy atom. The average Bonchev–Trinajstić information content (AvgIpc) is 2.28. The van der Waals surface area contributed by atoms with Crippen molar-refractivity contribution in [3.8, 4) is 5.75 Å². The first-order chi connectivity index (χ1) is 7.67. The maximum absolute atomic E-state index is 5.74. The van der Waals surface area contributed by atoms with E-state index in [9.17, 15) is 0 Å². The van der Waals surface area contributed by atoms with Gasteiger partial charge < -0.3 is 10.5 Å². The molecule has 3 heteroatoms.